The SMILES string of the molecule is CC(NN1C(C)CCCC1C)c1csc(Cl)c1. The van der Waals surface area contributed by atoms with Gasteiger partial charge in [-0.3, -0.25) is 0 Å². The lowest BCUT2D eigenvalue weighted by molar-refractivity contribution is 0.0321. The molecule has 1 aliphatic rings. The molecule has 1 aliphatic heterocycles. The van der Waals surface area contributed by atoms with E-state index < -0.39 is 0 Å². The van der Waals surface area contributed by atoms with E-state index in [1.165, 1.54) is 24.8 Å². The molecule has 0 amide bonds. The topological polar surface area (TPSA) is 15.3 Å². The number of rotatable bonds is 3. The second-order valence-corrected chi connectivity index (χ2v) is 6.61. The molecule has 1 aromatic rings. The van der Waals surface area contributed by atoms with Crippen molar-refractivity contribution in [1.29, 1.82) is 0 Å². The normalized spacial score (nSPS) is 28.2. The van der Waals surface area contributed by atoms with Gasteiger partial charge in [-0.05, 0) is 50.6 Å². The molecule has 1 fully saturated rings. The van der Waals surface area contributed by atoms with Gasteiger partial charge in [0.2, 0.25) is 0 Å². The minimum Gasteiger partial charge on any atom is -0.247 e. The van der Waals surface area contributed by atoms with Gasteiger partial charge in [-0.1, -0.05) is 18.0 Å². The second kappa shape index (κ2) is 5.70. The molecule has 1 aromatic heterocycles. The summed E-state index contributed by atoms with van der Waals surface area (Å²) < 4.78 is 0.869. The van der Waals surface area contributed by atoms with Crippen molar-refractivity contribution in [3.05, 3.63) is 21.3 Å². The summed E-state index contributed by atoms with van der Waals surface area (Å²) in [5.41, 5.74) is 4.91. The fourth-order valence-electron chi connectivity index (χ4n) is 2.52. The molecule has 2 heterocycles. The first-order valence-corrected chi connectivity index (χ1v) is 7.62. The van der Waals surface area contributed by atoms with Gasteiger partial charge in [-0.2, -0.15) is 0 Å². The number of piperidine rings is 1. The van der Waals surface area contributed by atoms with Crippen LogP contribution in [0.3, 0.4) is 0 Å². The van der Waals surface area contributed by atoms with Crippen molar-refractivity contribution in [2.24, 2.45) is 0 Å². The molecule has 1 saturated heterocycles. The van der Waals surface area contributed by atoms with Crippen LogP contribution < -0.4 is 5.43 Å². The molecule has 1 N–H and O–H groups in total. The fourth-order valence-corrected chi connectivity index (χ4v) is 3.51. The predicted molar refractivity (Wildman–Crippen MR) is 75.5 cm³/mol. The summed E-state index contributed by atoms with van der Waals surface area (Å²) in [7, 11) is 0. The Labute approximate surface area is 113 Å². The van der Waals surface area contributed by atoms with E-state index in [0.717, 1.165) is 4.34 Å². The maximum atomic E-state index is 5.98. The summed E-state index contributed by atoms with van der Waals surface area (Å²) in [5.74, 6) is 0. The maximum Gasteiger partial charge on any atom is 0.0931 e. The second-order valence-electron chi connectivity index (χ2n) is 5.07. The molecule has 0 saturated carbocycles. The van der Waals surface area contributed by atoms with Crippen LogP contribution in [0, 0.1) is 0 Å². The molecule has 0 aliphatic carbocycles. The van der Waals surface area contributed by atoms with Crippen molar-refractivity contribution >= 4 is 22.9 Å². The van der Waals surface area contributed by atoms with E-state index >= 15 is 0 Å². The van der Waals surface area contributed by atoms with Crippen LogP contribution in [0.25, 0.3) is 0 Å². The molecule has 17 heavy (non-hydrogen) atoms. The van der Waals surface area contributed by atoms with Crippen LogP contribution >= 0.6 is 22.9 Å². The Hall–Kier alpha value is -0.0900. The number of nitrogens with one attached hydrogen (secondary N) is 1. The van der Waals surface area contributed by atoms with Gasteiger partial charge in [0.1, 0.15) is 0 Å². The molecule has 0 radical (unpaired) electrons. The molecule has 0 bridgehead atoms. The molecule has 2 rings (SSSR count). The summed E-state index contributed by atoms with van der Waals surface area (Å²) >= 11 is 7.58. The molecular formula is C13H21ClN2S. The number of hydrogen-bond acceptors (Lipinski definition) is 3. The Kier molecular flexibility index (Phi) is 4.47. The van der Waals surface area contributed by atoms with E-state index in [9.17, 15) is 0 Å². The highest BCUT2D eigenvalue weighted by atomic mass is 35.5. The first-order chi connectivity index (χ1) is 8.08. The van der Waals surface area contributed by atoms with Crippen LogP contribution in [0.5, 0.6) is 0 Å². The first-order valence-electron chi connectivity index (χ1n) is 6.36. The van der Waals surface area contributed by atoms with Gasteiger partial charge in [0.25, 0.3) is 0 Å². The van der Waals surface area contributed by atoms with E-state index in [1.807, 2.05) is 0 Å². The standard InChI is InChI=1S/C13H21ClN2S/c1-9-5-4-6-10(2)16(9)15-11(3)12-7-13(14)17-8-12/h7-11,15H,4-6H2,1-3H3. The summed E-state index contributed by atoms with van der Waals surface area (Å²) in [6, 6.07) is 3.63. The molecule has 3 unspecified atom stereocenters. The van der Waals surface area contributed by atoms with E-state index in [1.54, 1.807) is 11.3 Å². The van der Waals surface area contributed by atoms with Crippen molar-refractivity contribution in [2.75, 3.05) is 0 Å². The molecule has 4 heteroatoms. The smallest absolute Gasteiger partial charge is 0.0931 e. The van der Waals surface area contributed by atoms with Gasteiger partial charge >= 0.3 is 0 Å². The number of halogens is 1. The van der Waals surface area contributed by atoms with E-state index in [-0.39, 0.29) is 0 Å². The average molecular weight is 273 g/mol. The zero-order valence-electron chi connectivity index (χ0n) is 10.7. The highest BCUT2D eigenvalue weighted by molar-refractivity contribution is 7.14. The average Bonchev–Trinajstić information content (AvgIpc) is 2.70. The van der Waals surface area contributed by atoms with Gasteiger partial charge in [0, 0.05) is 18.1 Å². The Bertz CT molecular complexity index is 356. The number of hydrogen-bond donors (Lipinski definition) is 1. The highest BCUT2D eigenvalue weighted by Gasteiger charge is 2.26. The quantitative estimate of drug-likeness (QED) is 0.886. The molecular weight excluding hydrogens is 252 g/mol. The van der Waals surface area contributed by atoms with Gasteiger partial charge in [0.15, 0.2) is 0 Å². The lowest BCUT2D eigenvalue weighted by Gasteiger charge is -2.40. The summed E-state index contributed by atoms with van der Waals surface area (Å²) in [5, 5.41) is 4.55. The van der Waals surface area contributed by atoms with Gasteiger partial charge in [-0.25, -0.2) is 10.4 Å². The van der Waals surface area contributed by atoms with Crippen molar-refractivity contribution in [1.82, 2.24) is 10.4 Å². The monoisotopic (exact) mass is 272 g/mol. The zero-order chi connectivity index (χ0) is 12.4. The van der Waals surface area contributed by atoms with E-state index in [4.69, 9.17) is 11.6 Å². The predicted octanol–water partition coefficient (Wildman–Crippen LogP) is 4.23. The lowest BCUT2D eigenvalue weighted by Crippen LogP contribution is -2.52. The minimum atomic E-state index is 0.335. The number of hydrazine groups is 1. The lowest BCUT2D eigenvalue weighted by atomic mass is 9.99. The zero-order valence-corrected chi connectivity index (χ0v) is 12.3. The Morgan fingerprint density at radius 1 is 1.41 bits per heavy atom. The molecule has 0 aromatic carbocycles. The fraction of sp³-hybridized carbons (Fsp3) is 0.692. The molecule has 96 valence electrons. The van der Waals surface area contributed by atoms with E-state index in [0.29, 0.717) is 18.1 Å². The molecule has 2 nitrogen and oxygen atoms in total. The highest BCUT2D eigenvalue weighted by Crippen LogP contribution is 2.27. The Morgan fingerprint density at radius 3 is 2.59 bits per heavy atom. The largest absolute Gasteiger partial charge is 0.247 e. The van der Waals surface area contributed by atoms with Crippen molar-refractivity contribution in [3.8, 4) is 0 Å². The van der Waals surface area contributed by atoms with Crippen LogP contribution in [-0.2, 0) is 0 Å². The van der Waals surface area contributed by atoms with Crippen LogP contribution in [0.4, 0.5) is 0 Å². The number of nitrogens with zero attached hydrogens (tertiary/aromatic N) is 1. The van der Waals surface area contributed by atoms with E-state index in [2.05, 4.69) is 42.7 Å². The van der Waals surface area contributed by atoms with Gasteiger partial charge < -0.3 is 0 Å². The third-order valence-electron chi connectivity index (χ3n) is 3.62. The van der Waals surface area contributed by atoms with Gasteiger partial charge in [0.05, 0.1) is 4.34 Å². The summed E-state index contributed by atoms with van der Waals surface area (Å²) in [6.45, 7) is 6.80. The summed E-state index contributed by atoms with van der Waals surface area (Å²) in [6.07, 6.45) is 3.92. The summed E-state index contributed by atoms with van der Waals surface area (Å²) in [4.78, 5) is 0. The van der Waals surface area contributed by atoms with Crippen LogP contribution in [0.1, 0.15) is 51.6 Å². The first kappa shape index (κ1) is 13.3. The third kappa shape index (κ3) is 3.22. The van der Waals surface area contributed by atoms with Crippen molar-refractivity contribution in [2.45, 2.75) is 58.2 Å². The van der Waals surface area contributed by atoms with Crippen molar-refractivity contribution < 1.29 is 0 Å². The molecule has 0 spiro atoms. The van der Waals surface area contributed by atoms with Crippen LogP contribution in [-0.4, -0.2) is 17.1 Å². The molecule has 3 atom stereocenters. The van der Waals surface area contributed by atoms with Crippen molar-refractivity contribution in [3.63, 3.8) is 0 Å². The Balaban J connectivity index is 1.99. The van der Waals surface area contributed by atoms with Gasteiger partial charge in [-0.15, -0.1) is 11.3 Å². The minimum absolute atomic E-state index is 0.335. The van der Waals surface area contributed by atoms with Crippen LogP contribution in [0.2, 0.25) is 4.34 Å². The number of thiophene rings is 1. The van der Waals surface area contributed by atoms with Crippen LogP contribution in [0.15, 0.2) is 11.4 Å². The third-order valence-corrected chi connectivity index (χ3v) is 4.73. The maximum absolute atomic E-state index is 5.98. The Morgan fingerprint density at radius 2 is 2.06 bits per heavy atom.